The lowest BCUT2D eigenvalue weighted by molar-refractivity contribution is 0.0622. The Labute approximate surface area is 125 Å². The number of nitrogens with zero attached hydrogens (tertiary/aromatic N) is 1. The lowest BCUT2D eigenvalue weighted by atomic mass is 9.92. The Bertz CT molecular complexity index is 668. The molecule has 0 saturated carbocycles. The van der Waals surface area contributed by atoms with Crippen molar-refractivity contribution in [2.45, 2.75) is 25.8 Å². The first-order valence-electron chi connectivity index (χ1n) is 7.55. The number of ether oxygens (including phenoxy) is 1. The quantitative estimate of drug-likeness (QED) is 0.926. The largest absolute Gasteiger partial charge is 0.382 e. The number of nitriles is 1. The Balaban J connectivity index is 1.89. The third kappa shape index (κ3) is 2.86. The van der Waals surface area contributed by atoms with Crippen LogP contribution in [0.5, 0.6) is 0 Å². The third-order valence-corrected chi connectivity index (χ3v) is 4.40. The molecule has 1 aliphatic heterocycles. The van der Waals surface area contributed by atoms with Crippen LogP contribution in [0.25, 0.3) is 10.8 Å². The van der Waals surface area contributed by atoms with Crippen LogP contribution in [0.3, 0.4) is 0 Å². The zero-order valence-electron chi connectivity index (χ0n) is 12.3. The second-order valence-corrected chi connectivity index (χ2v) is 5.70. The summed E-state index contributed by atoms with van der Waals surface area (Å²) in [6.07, 6.45) is 2.23. The van der Waals surface area contributed by atoms with Gasteiger partial charge in [-0.3, -0.25) is 0 Å². The van der Waals surface area contributed by atoms with Gasteiger partial charge in [-0.15, -0.1) is 0 Å². The summed E-state index contributed by atoms with van der Waals surface area (Å²) in [4.78, 5) is 0. The van der Waals surface area contributed by atoms with Gasteiger partial charge in [-0.25, -0.2) is 0 Å². The Morgan fingerprint density at radius 2 is 1.86 bits per heavy atom. The predicted octanol–water partition coefficient (Wildman–Crippen LogP) is 3.94. The van der Waals surface area contributed by atoms with Crippen molar-refractivity contribution in [1.82, 2.24) is 0 Å². The van der Waals surface area contributed by atoms with Crippen molar-refractivity contribution in [2.75, 3.05) is 18.5 Å². The molecule has 3 rings (SSSR count). The van der Waals surface area contributed by atoms with Crippen molar-refractivity contribution in [3.63, 3.8) is 0 Å². The van der Waals surface area contributed by atoms with Crippen molar-refractivity contribution in [3.05, 3.63) is 42.0 Å². The summed E-state index contributed by atoms with van der Waals surface area (Å²) >= 11 is 0. The molecule has 3 nitrogen and oxygen atoms in total. The van der Waals surface area contributed by atoms with E-state index in [9.17, 15) is 5.26 Å². The maximum absolute atomic E-state index is 9.23. The summed E-state index contributed by atoms with van der Waals surface area (Å²) in [7, 11) is 0. The molecule has 0 radical (unpaired) electrons. The van der Waals surface area contributed by atoms with Crippen LogP contribution in [-0.4, -0.2) is 19.3 Å². The normalized spacial score (nSPS) is 17.3. The number of hydrogen-bond donors (Lipinski definition) is 1. The molecule has 21 heavy (non-hydrogen) atoms. The van der Waals surface area contributed by atoms with Crippen LogP contribution in [0.2, 0.25) is 0 Å². The third-order valence-electron chi connectivity index (χ3n) is 4.40. The fourth-order valence-corrected chi connectivity index (χ4v) is 3.10. The number of hydrogen-bond acceptors (Lipinski definition) is 3. The summed E-state index contributed by atoms with van der Waals surface area (Å²) < 4.78 is 5.44. The van der Waals surface area contributed by atoms with Crippen LogP contribution in [-0.2, 0) is 4.74 Å². The average Bonchev–Trinajstić information content (AvgIpc) is 2.56. The molecule has 1 N–H and O–H groups in total. The molecule has 2 aromatic rings. The van der Waals surface area contributed by atoms with Gasteiger partial charge in [-0.2, -0.15) is 5.26 Å². The summed E-state index contributed by atoms with van der Waals surface area (Å²) in [6.45, 7) is 3.97. The van der Waals surface area contributed by atoms with E-state index in [1.54, 1.807) is 0 Å². The van der Waals surface area contributed by atoms with Crippen molar-refractivity contribution < 1.29 is 4.74 Å². The second-order valence-electron chi connectivity index (χ2n) is 5.70. The number of nitrogens with one attached hydrogen (secondary N) is 1. The first kappa shape index (κ1) is 13.9. The molecule has 1 atom stereocenters. The van der Waals surface area contributed by atoms with Gasteiger partial charge in [-0.1, -0.05) is 24.3 Å². The van der Waals surface area contributed by atoms with E-state index in [2.05, 4.69) is 24.4 Å². The molecule has 0 aliphatic carbocycles. The van der Waals surface area contributed by atoms with Crippen LogP contribution in [0.1, 0.15) is 25.3 Å². The van der Waals surface area contributed by atoms with Crippen molar-refractivity contribution in [1.29, 1.82) is 5.26 Å². The molecule has 1 aliphatic rings. The molecule has 0 amide bonds. The minimum Gasteiger partial charge on any atom is -0.382 e. The second kappa shape index (κ2) is 6.15. The van der Waals surface area contributed by atoms with Crippen LogP contribution in [0, 0.1) is 17.2 Å². The van der Waals surface area contributed by atoms with Crippen molar-refractivity contribution >= 4 is 16.5 Å². The van der Waals surface area contributed by atoms with Gasteiger partial charge < -0.3 is 10.1 Å². The first-order chi connectivity index (χ1) is 10.3. The van der Waals surface area contributed by atoms with Crippen LogP contribution >= 0.6 is 0 Å². The molecule has 1 saturated heterocycles. The van der Waals surface area contributed by atoms with Crippen LogP contribution in [0.15, 0.2) is 36.4 Å². The van der Waals surface area contributed by atoms with Gasteiger partial charge in [0.15, 0.2) is 0 Å². The molecular formula is C18H20N2O. The lowest BCUT2D eigenvalue weighted by Gasteiger charge is -2.29. The maximum atomic E-state index is 9.23. The number of rotatable bonds is 3. The number of anilines is 1. The highest BCUT2D eigenvalue weighted by atomic mass is 16.5. The zero-order chi connectivity index (χ0) is 14.7. The molecule has 1 fully saturated rings. The standard InChI is InChI=1S/C18H20N2O/c1-13(14-8-10-21-11-9-14)20-18-7-6-15(12-19)16-4-2-3-5-17(16)18/h2-7,13-14,20H,8-11H2,1H3. The minimum absolute atomic E-state index is 0.408. The van der Waals surface area contributed by atoms with Gasteiger partial charge in [0.25, 0.3) is 0 Å². The van der Waals surface area contributed by atoms with Crippen molar-refractivity contribution in [3.8, 4) is 6.07 Å². The fourth-order valence-electron chi connectivity index (χ4n) is 3.10. The highest BCUT2D eigenvalue weighted by molar-refractivity contribution is 5.97. The molecule has 0 spiro atoms. The molecule has 2 aromatic carbocycles. The van der Waals surface area contributed by atoms with Gasteiger partial charge in [0.2, 0.25) is 0 Å². The number of fused-ring (bicyclic) bond motifs is 1. The predicted molar refractivity (Wildman–Crippen MR) is 85.3 cm³/mol. The van der Waals surface area contributed by atoms with E-state index in [4.69, 9.17) is 4.74 Å². The van der Waals surface area contributed by atoms with E-state index in [1.165, 1.54) is 0 Å². The monoisotopic (exact) mass is 280 g/mol. The summed E-state index contributed by atoms with van der Waals surface area (Å²) in [6, 6.07) is 14.7. The molecule has 1 heterocycles. The smallest absolute Gasteiger partial charge is 0.0998 e. The Kier molecular flexibility index (Phi) is 4.08. The van der Waals surface area contributed by atoms with Gasteiger partial charge in [0.05, 0.1) is 11.6 Å². The van der Waals surface area contributed by atoms with Crippen LogP contribution < -0.4 is 5.32 Å². The van der Waals surface area contributed by atoms with Gasteiger partial charge in [0, 0.05) is 35.7 Å². The molecule has 0 bridgehead atoms. The lowest BCUT2D eigenvalue weighted by Crippen LogP contribution is -2.31. The maximum Gasteiger partial charge on any atom is 0.0998 e. The van der Waals surface area contributed by atoms with Gasteiger partial charge >= 0.3 is 0 Å². The van der Waals surface area contributed by atoms with E-state index in [0.29, 0.717) is 12.0 Å². The summed E-state index contributed by atoms with van der Waals surface area (Å²) in [5.41, 5.74) is 1.85. The van der Waals surface area contributed by atoms with E-state index >= 15 is 0 Å². The first-order valence-corrected chi connectivity index (χ1v) is 7.55. The number of benzene rings is 2. The molecule has 0 aromatic heterocycles. The molecule has 108 valence electrons. The van der Waals surface area contributed by atoms with Crippen LogP contribution in [0.4, 0.5) is 5.69 Å². The molecule has 1 unspecified atom stereocenters. The SMILES string of the molecule is CC(Nc1ccc(C#N)c2ccccc12)C1CCOCC1. The van der Waals surface area contributed by atoms with E-state index < -0.39 is 0 Å². The topological polar surface area (TPSA) is 45.0 Å². The van der Waals surface area contributed by atoms with E-state index in [-0.39, 0.29) is 0 Å². The Morgan fingerprint density at radius 1 is 1.14 bits per heavy atom. The summed E-state index contributed by atoms with van der Waals surface area (Å²) in [5, 5.41) is 15.0. The van der Waals surface area contributed by atoms with Gasteiger partial charge in [0.1, 0.15) is 0 Å². The van der Waals surface area contributed by atoms with E-state index in [0.717, 1.165) is 48.1 Å². The average molecular weight is 280 g/mol. The van der Waals surface area contributed by atoms with E-state index in [1.807, 2.05) is 30.3 Å². The Hall–Kier alpha value is -2.05. The minimum atomic E-state index is 0.408. The zero-order valence-corrected chi connectivity index (χ0v) is 12.3. The fraction of sp³-hybridized carbons (Fsp3) is 0.389. The molecular weight excluding hydrogens is 260 g/mol. The molecule has 3 heteroatoms. The summed E-state index contributed by atoms with van der Waals surface area (Å²) in [5.74, 6) is 0.646. The highest BCUT2D eigenvalue weighted by Crippen LogP contribution is 2.29. The van der Waals surface area contributed by atoms with Crippen molar-refractivity contribution in [2.24, 2.45) is 5.92 Å². The van der Waals surface area contributed by atoms with Gasteiger partial charge in [-0.05, 0) is 37.8 Å². The highest BCUT2D eigenvalue weighted by Gasteiger charge is 2.20. The Morgan fingerprint density at radius 3 is 2.57 bits per heavy atom.